The van der Waals surface area contributed by atoms with E-state index >= 15 is 0 Å². The number of pyridine rings is 2. The second kappa shape index (κ2) is 7.78. The van der Waals surface area contributed by atoms with Gasteiger partial charge in [0, 0.05) is 39.3 Å². The molecule has 0 aliphatic rings. The smallest absolute Gasteiger partial charge is 0.338 e. The number of carbonyl (C=O) groups excluding carboxylic acids is 1. The Morgan fingerprint density at radius 3 is 2.82 bits per heavy atom. The minimum absolute atomic E-state index is 0.270. The average molecular weight is 396 g/mol. The van der Waals surface area contributed by atoms with Crippen molar-refractivity contribution >= 4 is 50.8 Å². The molecule has 4 aromatic rings. The Morgan fingerprint density at radius 2 is 2.00 bits per heavy atom. The van der Waals surface area contributed by atoms with Crippen molar-refractivity contribution in [2.75, 3.05) is 18.6 Å². The van der Waals surface area contributed by atoms with E-state index in [4.69, 9.17) is 16.3 Å². The number of anilines is 2. The van der Waals surface area contributed by atoms with Crippen LogP contribution in [0.25, 0.3) is 21.7 Å². The molecule has 0 aliphatic carbocycles. The molecule has 0 fully saturated rings. The van der Waals surface area contributed by atoms with E-state index in [1.54, 1.807) is 42.7 Å². The molecule has 0 saturated carbocycles. The highest BCUT2D eigenvalue weighted by Crippen LogP contribution is 2.31. The average Bonchev–Trinajstić information content (AvgIpc) is 2.72. The largest absolute Gasteiger partial charge is 0.459 e. The van der Waals surface area contributed by atoms with Crippen molar-refractivity contribution in [2.45, 2.75) is 0 Å². The highest BCUT2D eigenvalue weighted by Gasteiger charge is 2.13. The van der Waals surface area contributed by atoms with Gasteiger partial charge in [-0.1, -0.05) is 23.7 Å². The van der Waals surface area contributed by atoms with Crippen molar-refractivity contribution in [1.82, 2.24) is 9.97 Å². The van der Waals surface area contributed by atoms with E-state index in [9.17, 15) is 9.18 Å². The number of rotatable bonds is 5. The van der Waals surface area contributed by atoms with E-state index in [1.165, 1.54) is 0 Å². The van der Waals surface area contributed by atoms with Gasteiger partial charge in [0.25, 0.3) is 0 Å². The molecular formula is C21H15ClFN3O2. The van der Waals surface area contributed by atoms with Gasteiger partial charge >= 0.3 is 5.97 Å². The van der Waals surface area contributed by atoms with E-state index in [1.807, 2.05) is 18.2 Å². The first kappa shape index (κ1) is 18.1. The van der Waals surface area contributed by atoms with Gasteiger partial charge in [0.05, 0.1) is 11.1 Å². The number of halogens is 2. The number of hydrogen-bond donors (Lipinski definition) is 1. The van der Waals surface area contributed by atoms with Crippen LogP contribution in [-0.2, 0) is 4.74 Å². The van der Waals surface area contributed by atoms with E-state index in [-0.39, 0.29) is 6.61 Å². The molecule has 2 heterocycles. The molecule has 5 nitrogen and oxygen atoms in total. The molecule has 0 amide bonds. The number of ether oxygens (including phenoxy) is 1. The predicted octanol–water partition coefficient (Wildman–Crippen LogP) is 5.31. The monoisotopic (exact) mass is 395 g/mol. The Labute approximate surface area is 165 Å². The molecule has 1 N–H and O–H groups in total. The van der Waals surface area contributed by atoms with Gasteiger partial charge in [-0.05, 0) is 36.4 Å². The summed E-state index contributed by atoms with van der Waals surface area (Å²) >= 11 is 6.07. The van der Waals surface area contributed by atoms with Crippen LogP contribution in [0.1, 0.15) is 10.4 Å². The van der Waals surface area contributed by atoms with Gasteiger partial charge in [-0.15, -0.1) is 0 Å². The zero-order valence-electron chi connectivity index (χ0n) is 14.7. The molecule has 0 unspecified atom stereocenters. The maximum absolute atomic E-state index is 12.3. The predicted molar refractivity (Wildman–Crippen MR) is 108 cm³/mol. The minimum Gasteiger partial charge on any atom is -0.459 e. The second-order valence-corrected chi connectivity index (χ2v) is 6.51. The Balaban J connectivity index is 1.84. The van der Waals surface area contributed by atoms with Crippen LogP contribution < -0.4 is 5.32 Å². The molecule has 2 aromatic carbocycles. The lowest BCUT2D eigenvalue weighted by atomic mass is 10.1. The molecule has 4 rings (SSSR count). The third-order valence-corrected chi connectivity index (χ3v) is 4.46. The van der Waals surface area contributed by atoms with Gasteiger partial charge in [-0.3, -0.25) is 4.98 Å². The molecule has 28 heavy (non-hydrogen) atoms. The summed E-state index contributed by atoms with van der Waals surface area (Å²) in [5, 5.41) is 6.50. The summed E-state index contributed by atoms with van der Waals surface area (Å²) in [5.41, 5.74) is 1.70. The number of hydrogen-bond acceptors (Lipinski definition) is 5. The van der Waals surface area contributed by atoms with Crippen LogP contribution in [0.4, 0.5) is 15.9 Å². The Bertz CT molecular complexity index is 1180. The molecule has 2 aromatic heterocycles. The zero-order chi connectivity index (χ0) is 19.5. The molecule has 140 valence electrons. The summed E-state index contributed by atoms with van der Waals surface area (Å²) in [7, 11) is 0. The maximum atomic E-state index is 12.3. The lowest BCUT2D eigenvalue weighted by Crippen LogP contribution is -2.07. The van der Waals surface area contributed by atoms with E-state index in [0.29, 0.717) is 21.9 Å². The third kappa shape index (κ3) is 3.59. The Morgan fingerprint density at radius 1 is 1.11 bits per heavy atom. The summed E-state index contributed by atoms with van der Waals surface area (Å²) in [6.07, 6.45) is 3.45. The van der Waals surface area contributed by atoms with Crippen molar-refractivity contribution in [1.29, 1.82) is 0 Å². The summed E-state index contributed by atoms with van der Waals surface area (Å²) in [4.78, 5) is 21.0. The fourth-order valence-corrected chi connectivity index (χ4v) is 3.18. The van der Waals surface area contributed by atoms with Gasteiger partial charge in [0.15, 0.2) is 0 Å². The molecule has 0 aliphatic heterocycles. The molecule has 0 bridgehead atoms. The summed E-state index contributed by atoms with van der Waals surface area (Å²) < 4.78 is 17.1. The quantitative estimate of drug-likeness (QED) is 0.366. The number of aromatic nitrogens is 2. The van der Waals surface area contributed by atoms with Crippen molar-refractivity contribution in [3.05, 3.63) is 71.5 Å². The number of carbonyl (C=O) groups is 1. The topological polar surface area (TPSA) is 64.1 Å². The summed E-state index contributed by atoms with van der Waals surface area (Å²) in [6, 6.07) is 14.2. The normalized spacial score (nSPS) is 10.9. The first-order valence-corrected chi connectivity index (χ1v) is 8.96. The van der Waals surface area contributed by atoms with E-state index in [0.717, 1.165) is 21.8 Å². The number of alkyl halides is 1. The fourth-order valence-electron chi connectivity index (χ4n) is 2.99. The van der Waals surface area contributed by atoms with Crippen LogP contribution in [0.5, 0.6) is 0 Å². The van der Waals surface area contributed by atoms with Crippen LogP contribution in [0, 0.1) is 0 Å². The molecular weight excluding hydrogens is 381 g/mol. The highest BCUT2D eigenvalue weighted by molar-refractivity contribution is 6.30. The number of esters is 1. The zero-order valence-corrected chi connectivity index (χ0v) is 15.4. The summed E-state index contributed by atoms with van der Waals surface area (Å²) in [6.45, 7) is -0.991. The van der Waals surface area contributed by atoms with Gasteiger partial charge < -0.3 is 10.1 Å². The van der Waals surface area contributed by atoms with E-state index in [2.05, 4.69) is 15.3 Å². The highest BCUT2D eigenvalue weighted by atomic mass is 35.5. The van der Waals surface area contributed by atoms with Crippen LogP contribution in [-0.4, -0.2) is 29.2 Å². The third-order valence-electron chi connectivity index (χ3n) is 4.23. The first-order valence-electron chi connectivity index (χ1n) is 8.59. The molecule has 0 spiro atoms. The van der Waals surface area contributed by atoms with Crippen molar-refractivity contribution in [3.8, 4) is 0 Å². The van der Waals surface area contributed by atoms with Gasteiger partial charge in [0.1, 0.15) is 19.1 Å². The number of nitrogens with zero attached hydrogens (tertiary/aromatic N) is 2. The number of nitrogens with one attached hydrogen (secondary N) is 1. The van der Waals surface area contributed by atoms with Gasteiger partial charge in [-0.25, -0.2) is 14.2 Å². The number of fused-ring (bicyclic) bond motifs is 3. The van der Waals surface area contributed by atoms with Crippen molar-refractivity contribution in [3.63, 3.8) is 0 Å². The summed E-state index contributed by atoms with van der Waals surface area (Å²) in [5.74, 6) is 0.0263. The SMILES string of the molecule is O=C(OCCF)c1ccc2c(c1)nc(Nc1cccc(Cl)c1)c1ccncc12. The van der Waals surface area contributed by atoms with Crippen LogP contribution in [0.2, 0.25) is 5.02 Å². The first-order chi connectivity index (χ1) is 13.7. The second-order valence-electron chi connectivity index (χ2n) is 6.07. The maximum Gasteiger partial charge on any atom is 0.338 e. The Hall–Kier alpha value is -3.25. The Kier molecular flexibility index (Phi) is 5.04. The van der Waals surface area contributed by atoms with Crippen LogP contribution in [0.15, 0.2) is 60.9 Å². The molecule has 7 heteroatoms. The van der Waals surface area contributed by atoms with Crippen molar-refractivity contribution < 1.29 is 13.9 Å². The standard InChI is InChI=1S/C21H15ClFN3O2/c22-14-2-1-3-15(11-14)25-20-17-6-8-24-12-18(17)16-5-4-13(10-19(16)26-20)21(27)28-9-7-23/h1-6,8,10-12H,7,9H2,(H,25,26). The van der Waals surface area contributed by atoms with Crippen molar-refractivity contribution in [2.24, 2.45) is 0 Å². The van der Waals surface area contributed by atoms with Gasteiger partial charge in [0.2, 0.25) is 0 Å². The molecule has 0 saturated heterocycles. The van der Waals surface area contributed by atoms with Crippen LogP contribution in [0.3, 0.4) is 0 Å². The molecule has 0 radical (unpaired) electrons. The molecule has 0 atom stereocenters. The number of benzene rings is 2. The fraction of sp³-hybridized carbons (Fsp3) is 0.0952. The lowest BCUT2D eigenvalue weighted by molar-refractivity contribution is 0.0481. The minimum atomic E-state index is -0.721. The lowest BCUT2D eigenvalue weighted by Gasteiger charge is -2.12. The van der Waals surface area contributed by atoms with Crippen LogP contribution >= 0.6 is 11.6 Å². The van der Waals surface area contributed by atoms with Gasteiger partial charge in [-0.2, -0.15) is 0 Å². The van der Waals surface area contributed by atoms with E-state index < -0.39 is 12.6 Å².